The molecular weight excluding hydrogens is 328 g/mol. The number of hydrogen-bond acceptors (Lipinski definition) is 6. The van der Waals surface area contributed by atoms with Crippen molar-refractivity contribution in [1.29, 1.82) is 10.5 Å². The second-order valence-electron chi connectivity index (χ2n) is 5.22. The van der Waals surface area contributed by atoms with E-state index in [1.165, 1.54) is 12.4 Å². The van der Waals surface area contributed by atoms with E-state index in [-0.39, 0.29) is 5.56 Å². The van der Waals surface area contributed by atoms with Gasteiger partial charge in [-0.25, -0.2) is 9.97 Å². The van der Waals surface area contributed by atoms with Crippen LogP contribution in [0.4, 0.5) is 17.3 Å². The summed E-state index contributed by atoms with van der Waals surface area (Å²) in [6.45, 7) is 0. The van der Waals surface area contributed by atoms with Gasteiger partial charge in [0.2, 0.25) is 5.95 Å². The van der Waals surface area contributed by atoms with Gasteiger partial charge in [0.1, 0.15) is 6.07 Å². The maximum atomic E-state index is 12.3. The van der Waals surface area contributed by atoms with Gasteiger partial charge >= 0.3 is 0 Å². The molecule has 0 fully saturated rings. The number of benzene rings is 2. The molecule has 0 unspecified atom stereocenters. The number of carbonyl (C=O) groups is 1. The molecule has 0 atom stereocenters. The van der Waals surface area contributed by atoms with Crippen LogP contribution in [-0.4, -0.2) is 15.9 Å². The fraction of sp³-hybridized carbons (Fsp3) is 0. The molecule has 3 rings (SSSR count). The molecule has 124 valence electrons. The number of nitrogens with zero attached hydrogens (tertiary/aromatic N) is 4. The summed E-state index contributed by atoms with van der Waals surface area (Å²) in [6.07, 6.45) is 2.78. The van der Waals surface area contributed by atoms with Crippen molar-refractivity contribution < 1.29 is 4.79 Å². The van der Waals surface area contributed by atoms with Crippen molar-refractivity contribution in [2.24, 2.45) is 0 Å². The molecule has 0 aliphatic carbocycles. The van der Waals surface area contributed by atoms with Crippen LogP contribution in [0.5, 0.6) is 0 Å². The predicted molar refractivity (Wildman–Crippen MR) is 95.6 cm³/mol. The zero-order valence-corrected chi connectivity index (χ0v) is 13.5. The number of para-hydroxylation sites is 1. The van der Waals surface area contributed by atoms with Crippen LogP contribution in [0.15, 0.2) is 60.9 Å². The summed E-state index contributed by atoms with van der Waals surface area (Å²) in [5, 5.41) is 23.5. The maximum Gasteiger partial charge on any atom is 0.258 e. The highest BCUT2D eigenvalue weighted by Gasteiger charge is 2.10. The van der Waals surface area contributed by atoms with E-state index in [1.54, 1.807) is 48.5 Å². The van der Waals surface area contributed by atoms with Crippen LogP contribution in [-0.2, 0) is 0 Å². The number of anilines is 3. The first-order chi connectivity index (χ1) is 12.7. The van der Waals surface area contributed by atoms with Crippen LogP contribution in [0.1, 0.15) is 21.5 Å². The quantitative estimate of drug-likeness (QED) is 0.753. The molecule has 3 aromatic rings. The van der Waals surface area contributed by atoms with Gasteiger partial charge in [-0.05, 0) is 36.4 Å². The third-order valence-corrected chi connectivity index (χ3v) is 3.48. The minimum absolute atomic E-state index is 0.267. The normalized spacial score (nSPS) is 9.62. The van der Waals surface area contributed by atoms with E-state index in [4.69, 9.17) is 10.5 Å². The molecule has 26 heavy (non-hydrogen) atoms. The smallest absolute Gasteiger partial charge is 0.258 e. The zero-order valence-electron chi connectivity index (χ0n) is 13.5. The second kappa shape index (κ2) is 7.56. The SMILES string of the molecule is N#Cc1ccc(Nc2ncc(C(=O)Nc3ccccc3C#N)cn2)cc1. The molecule has 7 nitrogen and oxygen atoms in total. The lowest BCUT2D eigenvalue weighted by Gasteiger charge is -2.07. The maximum absolute atomic E-state index is 12.3. The fourth-order valence-corrected chi connectivity index (χ4v) is 2.15. The van der Waals surface area contributed by atoms with Crippen molar-refractivity contribution in [3.63, 3.8) is 0 Å². The van der Waals surface area contributed by atoms with Crippen molar-refractivity contribution in [1.82, 2.24) is 9.97 Å². The number of aromatic nitrogens is 2. The summed E-state index contributed by atoms with van der Waals surface area (Å²) in [5.41, 5.74) is 2.36. The molecule has 0 aliphatic heterocycles. The topological polar surface area (TPSA) is 114 Å². The molecule has 2 N–H and O–H groups in total. The Kier molecular flexibility index (Phi) is 4.83. The Morgan fingerprint density at radius 3 is 2.27 bits per heavy atom. The number of carbonyl (C=O) groups excluding carboxylic acids is 1. The van der Waals surface area contributed by atoms with Crippen molar-refractivity contribution in [3.8, 4) is 12.1 Å². The standard InChI is InChI=1S/C19H12N6O/c20-9-13-5-7-16(8-6-13)24-19-22-11-15(12-23-19)18(26)25-17-4-2-1-3-14(17)10-21/h1-8,11-12H,(H,25,26)(H,22,23,24). The summed E-state index contributed by atoms with van der Waals surface area (Å²) in [7, 11) is 0. The second-order valence-corrected chi connectivity index (χ2v) is 5.22. The van der Waals surface area contributed by atoms with Crippen molar-refractivity contribution >= 4 is 23.2 Å². The van der Waals surface area contributed by atoms with Gasteiger partial charge in [-0.2, -0.15) is 10.5 Å². The summed E-state index contributed by atoms with van der Waals surface area (Å²) < 4.78 is 0. The first-order valence-corrected chi connectivity index (χ1v) is 7.59. The minimum Gasteiger partial charge on any atom is -0.324 e. The highest BCUT2D eigenvalue weighted by molar-refractivity contribution is 6.04. The molecule has 1 aromatic heterocycles. The molecule has 0 saturated heterocycles. The first kappa shape index (κ1) is 16.6. The summed E-state index contributed by atoms with van der Waals surface area (Å²) in [5.74, 6) is -0.0821. The molecule has 1 amide bonds. The molecule has 0 bridgehead atoms. The minimum atomic E-state index is -0.405. The third-order valence-electron chi connectivity index (χ3n) is 3.48. The third kappa shape index (κ3) is 3.81. The van der Waals surface area contributed by atoms with E-state index in [9.17, 15) is 4.79 Å². The van der Waals surface area contributed by atoms with Gasteiger partial charge in [0.05, 0.1) is 28.4 Å². The Labute approximate surface area is 149 Å². The molecule has 0 radical (unpaired) electrons. The Bertz CT molecular complexity index is 1010. The lowest BCUT2D eigenvalue weighted by molar-refractivity contribution is 0.102. The number of rotatable bonds is 4. The lowest BCUT2D eigenvalue weighted by Crippen LogP contribution is -2.14. The molecule has 2 aromatic carbocycles. The van der Waals surface area contributed by atoms with E-state index < -0.39 is 5.91 Å². The van der Waals surface area contributed by atoms with Gasteiger partial charge in [-0.15, -0.1) is 0 Å². The Morgan fingerprint density at radius 2 is 1.62 bits per heavy atom. The highest BCUT2D eigenvalue weighted by Crippen LogP contribution is 2.16. The zero-order chi connectivity index (χ0) is 18.4. The number of hydrogen-bond donors (Lipinski definition) is 2. The summed E-state index contributed by atoms with van der Waals surface area (Å²) in [4.78, 5) is 20.5. The molecule has 0 aliphatic rings. The summed E-state index contributed by atoms with van der Waals surface area (Å²) >= 11 is 0. The van der Waals surface area contributed by atoms with Gasteiger partial charge < -0.3 is 10.6 Å². The van der Waals surface area contributed by atoms with E-state index in [2.05, 4.69) is 20.6 Å². The molecule has 7 heteroatoms. The van der Waals surface area contributed by atoms with Gasteiger partial charge in [0, 0.05) is 18.1 Å². The monoisotopic (exact) mass is 340 g/mol. The van der Waals surface area contributed by atoms with Crippen molar-refractivity contribution in [2.75, 3.05) is 10.6 Å². The van der Waals surface area contributed by atoms with E-state index >= 15 is 0 Å². The van der Waals surface area contributed by atoms with Gasteiger partial charge in [0.15, 0.2) is 0 Å². The van der Waals surface area contributed by atoms with Gasteiger partial charge in [0.25, 0.3) is 5.91 Å². The largest absolute Gasteiger partial charge is 0.324 e. The molecule has 1 heterocycles. The van der Waals surface area contributed by atoms with Gasteiger partial charge in [-0.3, -0.25) is 4.79 Å². The number of nitrogens with one attached hydrogen (secondary N) is 2. The van der Waals surface area contributed by atoms with Crippen LogP contribution in [0.3, 0.4) is 0 Å². The Hall–Kier alpha value is -4.23. The van der Waals surface area contributed by atoms with Crippen LogP contribution >= 0.6 is 0 Å². The highest BCUT2D eigenvalue weighted by atomic mass is 16.1. The molecular formula is C19H12N6O. The van der Waals surface area contributed by atoms with E-state index in [1.807, 2.05) is 12.1 Å². The molecule has 0 saturated carbocycles. The van der Waals surface area contributed by atoms with E-state index in [0.29, 0.717) is 22.8 Å². The Balaban J connectivity index is 1.69. The molecule has 0 spiro atoms. The fourth-order valence-electron chi connectivity index (χ4n) is 2.15. The van der Waals surface area contributed by atoms with E-state index in [0.717, 1.165) is 5.69 Å². The van der Waals surface area contributed by atoms with Crippen molar-refractivity contribution in [3.05, 3.63) is 77.6 Å². The Morgan fingerprint density at radius 1 is 0.923 bits per heavy atom. The van der Waals surface area contributed by atoms with Crippen LogP contribution in [0, 0.1) is 22.7 Å². The van der Waals surface area contributed by atoms with Crippen LogP contribution in [0.2, 0.25) is 0 Å². The number of nitriles is 2. The van der Waals surface area contributed by atoms with Crippen LogP contribution < -0.4 is 10.6 Å². The average Bonchev–Trinajstić information content (AvgIpc) is 2.69. The first-order valence-electron chi connectivity index (χ1n) is 7.59. The lowest BCUT2D eigenvalue weighted by atomic mass is 10.2. The van der Waals surface area contributed by atoms with Gasteiger partial charge in [-0.1, -0.05) is 12.1 Å². The summed E-state index contributed by atoms with van der Waals surface area (Å²) in [6, 6.07) is 17.6. The average molecular weight is 340 g/mol. The van der Waals surface area contributed by atoms with Crippen molar-refractivity contribution in [2.45, 2.75) is 0 Å². The predicted octanol–water partition coefficient (Wildman–Crippen LogP) is 3.22. The number of amides is 1. The van der Waals surface area contributed by atoms with Crippen LogP contribution in [0.25, 0.3) is 0 Å².